The zero-order chi connectivity index (χ0) is 14.9. The Balaban J connectivity index is 2.52. The molecule has 1 N–H and O–H groups in total. The minimum Gasteiger partial charge on any atom is -0.481 e. The standard InChI is InChI=1S/C11H8ClF2N3O2S/c1-5-15-16-11(20-4-9(18)19)17(5)10-7(12)2-6(13)3-8(10)14/h2-3H,4H2,1H3,(H,18,19). The van der Waals surface area contributed by atoms with Gasteiger partial charge in [0.2, 0.25) is 0 Å². The molecule has 0 bridgehead atoms. The van der Waals surface area contributed by atoms with Crippen molar-refractivity contribution in [2.75, 3.05) is 5.75 Å². The number of carboxylic acid groups (broad SMARTS) is 1. The lowest BCUT2D eigenvalue weighted by Gasteiger charge is -2.11. The highest BCUT2D eigenvalue weighted by Gasteiger charge is 2.19. The zero-order valence-electron chi connectivity index (χ0n) is 10.1. The molecule has 0 radical (unpaired) electrons. The molecule has 2 aromatic rings. The minimum atomic E-state index is -1.05. The highest BCUT2D eigenvalue weighted by Crippen LogP contribution is 2.29. The van der Waals surface area contributed by atoms with Crippen LogP contribution in [0.15, 0.2) is 17.3 Å². The smallest absolute Gasteiger partial charge is 0.313 e. The van der Waals surface area contributed by atoms with E-state index in [1.165, 1.54) is 4.57 Å². The first kappa shape index (κ1) is 14.7. The van der Waals surface area contributed by atoms with E-state index < -0.39 is 17.6 Å². The summed E-state index contributed by atoms with van der Waals surface area (Å²) in [5.74, 6) is -2.69. The van der Waals surface area contributed by atoms with E-state index in [9.17, 15) is 13.6 Å². The molecule has 0 amide bonds. The monoisotopic (exact) mass is 319 g/mol. The molecule has 1 aromatic heterocycles. The number of aryl methyl sites for hydroxylation is 1. The molecule has 20 heavy (non-hydrogen) atoms. The number of thioether (sulfide) groups is 1. The maximum Gasteiger partial charge on any atom is 0.313 e. The Morgan fingerprint density at radius 3 is 2.75 bits per heavy atom. The van der Waals surface area contributed by atoms with Crippen LogP contribution in [0, 0.1) is 18.6 Å². The van der Waals surface area contributed by atoms with Gasteiger partial charge in [-0.15, -0.1) is 10.2 Å². The molecule has 0 saturated carbocycles. The van der Waals surface area contributed by atoms with Crippen LogP contribution in [-0.2, 0) is 4.79 Å². The van der Waals surface area contributed by atoms with Crippen molar-refractivity contribution in [2.45, 2.75) is 12.1 Å². The van der Waals surface area contributed by atoms with Crippen LogP contribution < -0.4 is 0 Å². The third kappa shape index (κ3) is 2.91. The predicted molar refractivity (Wildman–Crippen MR) is 69.4 cm³/mol. The molecule has 0 atom stereocenters. The van der Waals surface area contributed by atoms with Gasteiger partial charge in [0.25, 0.3) is 0 Å². The summed E-state index contributed by atoms with van der Waals surface area (Å²) >= 11 is 6.71. The third-order valence-electron chi connectivity index (χ3n) is 2.33. The molecule has 0 aliphatic heterocycles. The molecule has 0 spiro atoms. The summed E-state index contributed by atoms with van der Waals surface area (Å²) in [7, 11) is 0. The van der Waals surface area contributed by atoms with E-state index in [2.05, 4.69) is 10.2 Å². The summed E-state index contributed by atoms with van der Waals surface area (Å²) < 4.78 is 28.2. The van der Waals surface area contributed by atoms with Crippen molar-refractivity contribution in [3.05, 3.63) is 34.6 Å². The van der Waals surface area contributed by atoms with Crippen molar-refractivity contribution in [1.29, 1.82) is 0 Å². The van der Waals surface area contributed by atoms with Crippen LogP contribution in [-0.4, -0.2) is 31.6 Å². The molecule has 0 aliphatic carbocycles. The van der Waals surface area contributed by atoms with Crippen molar-refractivity contribution < 1.29 is 18.7 Å². The van der Waals surface area contributed by atoms with Crippen LogP contribution in [0.1, 0.15) is 5.82 Å². The molecule has 1 heterocycles. The van der Waals surface area contributed by atoms with Gasteiger partial charge in [0.05, 0.1) is 10.8 Å². The molecular weight excluding hydrogens is 312 g/mol. The first-order valence-corrected chi connectivity index (χ1v) is 6.68. The number of rotatable bonds is 4. The average molecular weight is 320 g/mol. The van der Waals surface area contributed by atoms with Gasteiger partial charge in [-0.3, -0.25) is 9.36 Å². The van der Waals surface area contributed by atoms with Crippen molar-refractivity contribution in [3.8, 4) is 5.69 Å². The first-order chi connectivity index (χ1) is 9.40. The molecule has 0 saturated heterocycles. The van der Waals surface area contributed by atoms with Crippen molar-refractivity contribution in [1.82, 2.24) is 14.8 Å². The van der Waals surface area contributed by atoms with Gasteiger partial charge >= 0.3 is 5.97 Å². The third-order valence-corrected chi connectivity index (χ3v) is 3.53. The van der Waals surface area contributed by atoms with Gasteiger partial charge in [0.15, 0.2) is 11.0 Å². The Bertz CT molecular complexity index is 655. The number of aliphatic carboxylic acids is 1. The molecule has 2 rings (SSSR count). The number of carbonyl (C=O) groups is 1. The molecule has 9 heteroatoms. The van der Waals surface area contributed by atoms with Gasteiger partial charge in [0, 0.05) is 6.07 Å². The second kappa shape index (κ2) is 5.76. The summed E-state index contributed by atoms with van der Waals surface area (Å²) in [5, 5.41) is 16.2. The Kier molecular flexibility index (Phi) is 4.24. The SMILES string of the molecule is Cc1nnc(SCC(=O)O)n1-c1c(F)cc(F)cc1Cl. The Hall–Kier alpha value is -1.67. The summed E-state index contributed by atoms with van der Waals surface area (Å²) in [6.45, 7) is 1.55. The van der Waals surface area contributed by atoms with Gasteiger partial charge in [-0.05, 0) is 13.0 Å². The zero-order valence-corrected chi connectivity index (χ0v) is 11.7. The van der Waals surface area contributed by atoms with Crippen LogP contribution in [0.2, 0.25) is 5.02 Å². The number of aromatic nitrogens is 3. The first-order valence-electron chi connectivity index (χ1n) is 5.31. The molecule has 0 fully saturated rings. The quantitative estimate of drug-likeness (QED) is 0.878. The van der Waals surface area contributed by atoms with E-state index in [-0.39, 0.29) is 21.6 Å². The predicted octanol–water partition coefficient (Wildman–Crippen LogP) is 2.68. The fraction of sp³-hybridized carbons (Fsp3) is 0.182. The van der Waals surface area contributed by atoms with Gasteiger partial charge in [-0.2, -0.15) is 0 Å². The van der Waals surface area contributed by atoms with E-state index in [0.717, 1.165) is 17.8 Å². The van der Waals surface area contributed by atoms with E-state index in [0.29, 0.717) is 11.9 Å². The van der Waals surface area contributed by atoms with Gasteiger partial charge in [-0.25, -0.2) is 8.78 Å². The van der Waals surface area contributed by atoms with Crippen molar-refractivity contribution >= 4 is 29.3 Å². The van der Waals surface area contributed by atoms with Crippen molar-refractivity contribution in [3.63, 3.8) is 0 Å². The average Bonchev–Trinajstić information content (AvgIpc) is 2.67. The lowest BCUT2D eigenvalue weighted by molar-refractivity contribution is -0.133. The van der Waals surface area contributed by atoms with E-state index in [4.69, 9.17) is 16.7 Å². The molecular formula is C11H8ClF2N3O2S. The van der Waals surface area contributed by atoms with Crippen molar-refractivity contribution in [2.24, 2.45) is 0 Å². The minimum absolute atomic E-state index is 0.108. The van der Waals surface area contributed by atoms with E-state index >= 15 is 0 Å². The van der Waals surface area contributed by atoms with Crippen LogP contribution in [0.25, 0.3) is 5.69 Å². The number of carboxylic acids is 1. The second-order valence-electron chi connectivity index (χ2n) is 3.77. The largest absolute Gasteiger partial charge is 0.481 e. The maximum atomic E-state index is 13.9. The Morgan fingerprint density at radius 1 is 1.45 bits per heavy atom. The lowest BCUT2D eigenvalue weighted by Crippen LogP contribution is -2.06. The number of halogens is 3. The molecule has 0 unspecified atom stereocenters. The molecule has 1 aromatic carbocycles. The second-order valence-corrected chi connectivity index (χ2v) is 5.12. The summed E-state index contributed by atoms with van der Waals surface area (Å²) in [5.41, 5.74) is -0.108. The number of benzene rings is 1. The van der Waals surface area contributed by atoms with E-state index in [1.807, 2.05) is 0 Å². The number of nitrogens with zero attached hydrogens (tertiary/aromatic N) is 3. The number of hydrogen-bond donors (Lipinski definition) is 1. The fourth-order valence-electron chi connectivity index (χ4n) is 1.57. The van der Waals surface area contributed by atoms with Crippen LogP contribution in [0.3, 0.4) is 0 Å². The van der Waals surface area contributed by atoms with Gasteiger partial charge in [0.1, 0.15) is 17.3 Å². The lowest BCUT2D eigenvalue weighted by atomic mass is 10.3. The highest BCUT2D eigenvalue weighted by molar-refractivity contribution is 7.99. The normalized spacial score (nSPS) is 10.8. The van der Waals surface area contributed by atoms with Gasteiger partial charge in [-0.1, -0.05) is 23.4 Å². The Morgan fingerprint density at radius 2 is 2.15 bits per heavy atom. The highest BCUT2D eigenvalue weighted by atomic mass is 35.5. The van der Waals surface area contributed by atoms with Crippen LogP contribution in [0.4, 0.5) is 8.78 Å². The van der Waals surface area contributed by atoms with Crippen LogP contribution in [0.5, 0.6) is 0 Å². The molecule has 5 nitrogen and oxygen atoms in total. The van der Waals surface area contributed by atoms with E-state index in [1.54, 1.807) is 6.92 Å². The summed E-state index contributed by atoms with van der Waals surface area (Å²) in [6, 6.07) is 1.65. The Labute approximate surface area is 121 Å². The summed E-state index contributed by atoms with van der Waals surface area (Å²) in [4.78, 5) is 10.6. The fourth-order valence-corrected chi connectivity index (χ4v) is 2.55. The van der Waals surface area contributed by atoms with Crippen LogP contribution >= 0.6 is 23.4 Å². The van der Waals surface area contributed by atoms with Gasteiger partial charge < -0.3 is 5.11 Å². The topological polar surface area (TPSA) is 68.0 Å². The number of hydrogen-bond acceptors (Lipinski definition) is 4. The maximum absolute atomic E-state index is 13.9. The molecule has 106 valence electrons. The molecule has 0 aliphatic rings. The summed E-state index contributed by atoms with van der Waals surface area (Å²) in [6.07, 6.45) is 0.